The van der Waals surface area contributed by atoms with E-state index in [-0.39, 0.29) is 0 Å². The lowest BCUT2D eigenvalue weighted by atomic mass is 10.1. The van der Waals surface area contributed by atoms with E-state index in [4.69, 9.17) is 0 Å². The minimum Gasteiger partial charge on any atom is -0.345 e. The molecule has 0 saturated carbocycles. The summed E-state index contributed by atoms with van der Waals surface area (Å²) in [5.74, 6) is 1.88. The molecule has 20 heavy (non-hydrogen) atoms. The van der Waals surface area contributed by atoms with E-state index in [0.29, 0.717) is 0 Å². The molecule has 0 radical (unpaired) electrons. The molecule has 104 valence electrons. The second-order valence-electron chi connectivity index (χ2n) is 5.55. The first-order chi connectivity index (χ1) is 9.54. The number of aromatic nitrogens is 2. The number of hydrogen-bond acceptors (Lipinski definition) is 4. The monoisotopic (exact) mass is 268 g/mol. The smallest absolute Gasteiger partial charge is 0.157 e. The van der Waals surface area contributed by atoms with Gasteiger partial charge in [0.2, 0.25) is 0 Å². The van der Waals surface area contributed by atoms with Crippen molar-refractivity contribution in [2.24, 2.45) is 0 Å². The van der Waals surface area contributed by atoms with E-state index in [9.17, 15) is 0 Å². The molecular weight excluding hydrogens is 248 g/mol. The van der Waals surface area contributed by atoms with Crippen molar-refractivity contribution in [2.45, 2.75) is 27.3 Å². The van der Waals surface area contributed by atoms with E-state index in [1.54, 1.807) is 0 Å². The summed E-state index contributed by atoms with van der Waals surface area (Å²) in [5, 5.41) is 0. The molecule has 0 unspecified atom stereocenters. The van der Waals surface area contributed by atoms with Crippen LogP contribution < -0.4 is 9.80 Å². The summed E-state index contributed by atoms with van der Waals surface area (Å²) in [6, 6.07) is 8.66. The second-order valence-corrected chi connectivity index (χ2v) is 5.55. The predicted octanol–water partition coefficient (Wildman–Crippen LogP) is 2.82. The number of anilines is 2. The van der Waals surface area contributed by atoms with Gasteiger partial charge in [-0.3, -0.25) is 0 Å². The summed E-state index contributed by atoms with van der Waals surface area (Å²) in [7, 11) is 2.08. The average Bonchev–Trinajstić information content (AvgIpc) is 2.66. The Morgan fingerprint density at radius 3 is 2.70 bits per heavy atom. The van der Waals surface area contributed by atoms with Gasteiger partial charge in [-0.25, -0.2) is 9.97 Å². The van der Waals surface area contributed by atoms with Gasteiger partial charge in [0.15, 0.2) is 5.82 Å². The minimum absolute atomic E-state index is 0.838. The summed E-state index contributed by atoms with van der Waals surface area (Å²) in [6.45, 7) is 7.90. The lowest BCUT2D eigenvalue weighted by Crippen LogP contribution is -2.27. The summed E-state index contributed by atoms with van der Waals surface area (Å²) < 4.78 is 0. The van der Waals surface area contributed by atoms with Crippen molar-refractivity contribution in [1.82, 2.24) is 9.97 Å². The Labute approximate surface area is 120 Å². The van der Waals surface area contributed by atoms with Crippen molar-refractivity contribution in [3.63, 3.8) is 0 Å². The van der Waals surface area contributed by atoms with E-state index in [2.05, 4.69) is 64.9 Å². The molecule has 0 fully saturated rings. The number of aryl methyl sites for hydroxylation is 3. The molecule has 0 amide bonds. The zero-order valence-corrected chi connectivity index (χ0v) is 12.5. The average molecular weight is 268 g/mol. The molecule has 3 rings (SSSR count). The summed E-state index contributed by atoms with van der Waals surface area (Å²) in [6.07, 6.45) is 0. The summed E-state index contributed by atoms with van der Waals surface area (Å²) in [5.41, 5.74) is 4.85. The minimum atomic E-state index is 0.838. The van der Waals surface area contributed by atoms with Gasteiger partial charge >= 0.3 is 0 Å². The van der Waals surface area contributed by atoms with Crippen LogP contribution in [0.25, 0.3) is 0 Å². The number of nitrogens with zero attached hydrogens (tertiary/aromatic N) is 4. The maximum atomic E-state index is 4.58. The maximum Gasteiger partial charge on any atom is 0.157 e. The first kappa shape index (κ1) is 12.9. The van der Waals surface area contributed by atoms with Gasteiger partial charge in [-0.15, -0.1) is 0 Å². The van der Waals surface area contributed by atoms with Crippen LogP contribution in [0.4, 0.5) is 11.5 Å². The van der Waals surface area contributed by atoms with Crippen LogP contribution in [0, 0.1) is 20.8 Å². The standard InChI is InChI=1S/C16H20N4/c1-11-6-5-7-14(8-11)9-20-10-19(4)16-15(20)12(2)17-13(3)18-16/h5-8H,9-10H2,1-4H3. The molecule has 0 spiro atoms. The molecule has 0 N–H and O–H groups in total. The fourth-order valence-corrected chi connectivity index (χ4v) is 2.88. The fraction of sp³-hybridized carbons (Fsp3) is 0.375. The van der Waals surface area contributed by atoms with Crippen molar-refractivity contribution in [1.29, 1.82) is 0 Å². The van der Waals surface area contributed by atoms with Crippen molar-refractivity contribution >= 4 is 11.5 Å². The third-order valence-electron chi connectivity index (χ3n) is 3.67. The van der Waals surface area contributed by atoms with E-state index in [0.717, 1.165) is 30.5 Å². The molecule has 0 atom stereocenters. The quantitative estimate of drug-likeness (QED) is 0.838. The normalized spacial score (nSPS) is 13.8. The van der Waals surface area contributed by atoms with E-state index in [1.807, 2.05) is 6.92 Å². The van der Waals surface area contributed by atoms with Crippen molar-refractivity contribution < 1.29 is 0 Å². The van der Waals surface area contributed by atoms with Gasteiger partial charge in [0.1, 0.15) is 11.5 Å². The van der Waals surface area contributed by atoms with Crippen molar-refractivity contribution in [3.8, 4) is 0 Å². The van der Waals surface area contributed by atoms with Crippen LogP contribution in [0.5, 0.6) is 0 Å². The lowest BCUT2D eigenvalue weighted by Gasteiger charge is -2.20. The first-order valence-corrected chi connectivity index (χ1v) is 6.91. The Morgan fingerprint density at radius 2 is 1.95 bits per heavy atom. The van der Waals surface area contributed by atoms with Crippen LogP contribution in [-0.4, -0.2) is 23.7 Å². The molecular formula is C16H20N4. The molecule has 0 bridgehead atoms. The number of rotatable bonds is 2. The predicted molar refractivity (Wildman–Crippen MR) is 82.1 cm³/mol. The van der Waals surface area contributed by atoms with Gasteiger partial charge in [0.05, 0.1) is 12.4 Å². The molecule has 0 aliphatic carbocycles. The van der Waals surface area contributed by atoms with E-state index in [1.165, 1.54) is 16.8 Å². The molecule has 2 heterocycles. The zero-order chi connectivity index (χ0) is 14.3. The highest BCUT2D eigenvalue weighted by Crippen LogP contribution is 2.36. The first-order valence-electron chi connectivity index (χ1n) is 6.91. The molecule has 1 aliphatic heterocycles. The van der Waals surface area contributed by atoms with Crippen LogP contribution in [0.1, 0.15) is 22.6 Å². The Bertz CT molecular complexity index is 651. The van der Waals surface area contributed by atoms with Gasteiger partial charge in [0, 0.05) is 13.6 Å². The largest absolute Gasteiger partial charge is 0.345 e. The van der Waals surface area contributed by atoms with Gasteiger partial charge in [0.25, 0.3) is 0 Å². The van der Waals surface area contributed by atoms with Gasteiger partial charge in [-0.05, 0) is 26.3 Å². The SMILES string of the molecule is Cc1cccc(CN2CN(C)c3nc(C)nc(C)c32)c1. The Hall–Kier alpha value is -2.10. The third-order valence-corrected chi connectivity index (χ3v) is 3.67. The highest BCUT2D eigenvalue weighted by atomic mass is 15.4. The molecule has 1 aliphatic rings. The number of fused-ring (bicyclic) bond motifs is 1. The number of hydrogen-bond donors (Lipinski definition) is 0. The summed E-state index contributed by atoms with van der Waals surface area (Å²) in [4.78, 5) is 13.6. The van der Waals surface area contributed by atoms with Crippen LogP contribution in [0.15, 0.2) is 24.3 Å². The highest BCUT2D eigenvalue weighted by Gasteiger charge is 2.27. The Kier molecular flexibility index (Phi) is 3.08. The molecule has 0 saturated heterocycles. The molecule has 4 heteroatoms. The fourth-order valence-electron chi connectivity index (χ4n) is 2.88. The van der Waals surface area contributed by atoms with Crippen LogP contribution in [-0.2, 0) is 6.54 Å². The van der Waals surface area contributed by atoms with Crippen molar-refractivity contribution in [3.05, 3.63) is 46.9 Å². The number of benzene rings is 1. The Morgan fingerprint density at radius 1 is 1.15 bits per heavy atom. The third kappa shape index (κ3) is 2.22. The summed E-state index contributed by atoms with van der Waals surface area (Å²) >= 11 is 0. The topological polar surface area (TPSA) is 32.3 Å². The molecule has 4 nitrogen and oxygen atoms in total. The lowest BCUT2D eigenvalue weighted by molar-refractivity contribution is 0.811. The molecule has 2 aromatic rings. The van der Waals surface area contributed by atoms with Crippen LogP contribution >= 0.6 is 0 Å². The van der Waals surface area contributed by atoms with E-state index < -0.39 is 0 Å². The van der Waals surface area contributed by atoms with Crippen molar-refractivity contribution in [2.75, 3.05) is 23.5 Å². The molecule has 1 aromatic heterocycles. The van der Waals surface area contributed by atoms with E-state index >= 15 is 0 Å². The van der Waals surface area contributed by atoms with Crippen LogP contribution in [0.3, 0.4) is 0 Å². The highest BCUT2D eigenvalue weighted by molar-refractivity contribution is 5.74. The maximum absolute atomic E-state index is 4.58. The zero-order valence-electron chi connectivity index (χ0n) is 12.5. The van der Waals surface area contributed by atoms with Gasteiger partial charge in [-0.1, -0.05) is 29.8 Å². The van der Waals surface area contributed by atoms with Crippen LogP contribution in [0.2, 0.25) is 0 Å². The molecule has 1 aromatic carbocycles. The van der Waals surface area contributed by atoms with Gasteiger partial charge < -0.3 is 9.80 Å². The van der Waals surface area contributed by atoms with Gasteiger partial charge in [-0.2, -0.15) is 0 Å². The Balaban J connectivity index is 1.95. The second kappa shape index (κ2) is 4.78.